The van der Waals surface area contributed by atoms with E-state index >= 15 is 0 Å². The first-order chi connectivity index (χ1) is 12.5. The standard InChI is InChI=1S/C14H9F9O4S/c1-7-6-26-9-5-3-2-4-8(9)10(7)27-28(24,25)14(22,23)12(17,18)11(15,16)13(19,20)21/h2-5H,6H2,1H3. The largest absolute Gasteiger partial charge is 0.488 e. The van der Waals surface area contributed by atoms with Gasteiger partial charge in [-0.1, -0.05) is 12.1 Å². The molecule has 0 fully saturated rings. The van der Waals surface area contributed by atoms with Gasteiger partial charge in [0, 0.05) is 5.57 Å². The number of benzene rings is 1. The number of hydrogen-bond acceptors (Lipinski definition) is 4. The van der Waals surface area contributed by atoms with Crippen LogP contribution in [0.4, 0.5) is 39.5 Å². The number of hydrogen-bond donors (Lipinski definition) is 0. The highest BCUT2D eigenvalue weighted by atomic mass is 32.2. The predicted molar refractivity (Wildman–Crippen MR) is 75.4 cm³/mol. The van der Waals surface area contributed by atoms with Crippen LogP contribution in [0.2, 0.25) is 0 Å². The van der Waals surface area contributed by atoms with E-state index in [1.165, 1.54) is 18.2 Å². The average molecular weight is 444 g/mol. The summed E-state index contributed by atoms with van der Waals surface area (Å²) in [6.07, 6.45) is -7.16. The summed E-state index contributed by atoms with van der Waals surface area (Å²) in [5.74, 6) is -15.8. The molecule has 14 heteroatoms. The lowest BCUT2D eigenvalue weighted by molar-refractivity contribution is -0.382. The molecule has 158 valence electrons. The fourth-order valence-electron chi connectivity index (χ4n) is 2.06. The summed E-state index contributed by atoms with van der Waals surface area (Å²) < 4.78 is 149. The molecule has 0 saturated carbocycles. The Morgan fingerprint density at radius 2 is 1.46 bits per heavy atom. The molecule has 1 aliphatic rings. The zero-order chi connectivity index (χ0) is 21.8. The second kappa shape index (κ2) is 6.46. The fourth-order valence-corrected chi connectivity index (χ4v) is 3.06. The van der Waals surface area contributed by atoms with Gasteiger partial charge in [0.05, 0.1) is 5.56 Å². The van der Waals surface area contributed by atoms with E-state index < -0.39 is 45.8 Å². The Labute approximate surface area is 151 Å². The van der Waals surface area contributed by atoms with E-state index in [0.29, 0.717) is 0 Å². The second-order valence-electron chi connectivity index (χ2n) is 5.60. The molecule has 0 amide bonds. The molecule has 2 rings (SSSR count). The number of alkyl halides is 9. The normalized spacial score (nSPS) is 16.5. The summed E-state index contributed by atoms with van der Waals surface area (Å²) in [4.78, 5) is 0. The van der Waals surface area contributed by atoms with E-state index in [-0.39, 0.29) is 16.9 Å². The third-order valence-electron chi connectivity index (χ3n) is 3.59. The molecule has 1 aliphatic heterocycles. The topological polar surface area (TPSA) is 52.6 Å². The van der Waals surface area contributed by atoms with Crippen LogP contribution < -0.4 is 4.74 Å². The Hall–Kier alpha value is -2.12. The molecule has 0 unspecified atom stereocenters. The molecule has 4 nitrogen and oxygen atoms in total. The maximum absolute atomic E-state index is 13.8. The molecule has 0 spiro atoms. The van der Waals surface area contributed by atoms with Gasteiger partial charge >= 0.3 is 33.4 Å². The molecule has 0 saturated heterocycles. The number of halogens is 9. The zero-order valence-corrected chi connectivity index (χ0v) is 14.3. The van der Waals surface area contributed by atoms with E-state index in [4.69, 9.17) is 4.74 Å². The molecule has 1 aromatic rings. The summed E-state index contributed by atoms with van der Waals surface area (Å²) >= 11 is 0. The van der Waals surface area contributed by atoms with Crippen molar-refractivity contribution in [2.75, 3.05) is 6.61 Å². The molecule has 0 atom stereocenters. The van der Waals surface area contributed by atoms with Gasteiger partial charge in [-0.15, -0.1) is 0 Å². The summed E-state index contributed by atoms with van der Waals surface area (Å²) in [5, 5.41) is -6.93. The Kier molecular flexibility index (Phi) is 5.11. The second-order valence-corrected chi connectivity index (χ2v) is 7.18. The molecule has 0 radical (unpaired) electrons. The van der Waals surface area contributed by atoms with Crippen LogP contribution in [0, 0.1) is 0 Å². The molecular weight excluding hydrogens is 435 g/mol. The minimum atomic E-state index is -7.36. The SMILES string of the molecule is CC1=C(OS(=O)(=O)C(F)(F)C(F)(F)C(F)(F)C(F)(F)F)c2ccccc2OC1. The van der Waals surface area contributed by atoms with Crippen molar-refractivity contribution in [2.45, 2.75) is 30.2 Å². The van der Waals surface area contributed by atoms with Crippen LogP contribution in [-0.2, 0) is 14.3 Å². The highest BCUT2D eigenvalue weighted by Crippen LogP contribution is 2.55. The van der Waals surface area contributed by atoms with Crippen molar-refractivity contribution in [1.82, 2.24) is 0 Å². The maximum Gasteiger partial charge on any atom is 0.460 e. The van der Waals surface area contributed by atoms with Gasteiger partial charge in [-0.2, -0.15) is 47.9 Å². The Balaban J connectivity index is 2.52. The number of para-hydroxylation sites is 1. The first-order valence-corrected chi connectivity index (χ1v) is 8.44. The summed E-state index contributed by atoms with van der Waals surface area (Å²) in [6, 6.07) is 4.92. The quantitative estimate of drug-likeness (QED) is 0.493. The molecule has 1 aromatic carbocycles. The van der Waals surface area contributed by atoms with Gasteiger partial charge in [-0.3, -0.25) is 0 Å². The Morgan fingerprint density at radius 1 is 0.929 bits per heavy atom. The van der Waals surface area contributed by atoms with E-state index in [1.54, 1.807) is 0 Å². The van der Waals surface area contributed by atoms with Crippen LogP contribution in [0.3, 0.4) is 0 Å². The van der Waals surface area contributed by atoms with Crippen molar-refractivity contribution in [2.24, 2.45) is 0 Å². The fraction of sp³-hybridized carbons (Fsp3) is 0.429. The smallest absolute Gasteiger partial charge is 0.460 e. The van der Waals surface area contributed by atoms with Crippen molar-refractivity contribution >= 4 is 15.9 Å². The van der Waals surface area contributed by atoms with Crippen molar-refractivity contribution < 1.29 is 56.9 Å². The number of fused-ring (bicyclic) bond motifs is 1. The molecule has 1 heterocycles. The number of ether oxygens (including phenoxy) is 1. The lowest BCUT2D eigenvalue weighted by Gasteiger charge is -2.33. The third kappa shape index (κ3) is 3.16. The van der Waals surface area contributed by atoms with Crippen molar-refractivity contribution in [1.29, 1.82) is 0 Å². The molecule has 0 bridgehead atoms. The minimum Gasteiger partial charge on any atom is -0.488 e. The molecule has 0 N–H and O–H groups in total. The van der Waals surface area contributed by atoms with E-state index in [9.17, 15) is 47.9 Å². The third-order valence-corrected chi connectivity index (χ3v) is 4.86. The van der Waals surface area contributed by atoms with Crippen molar-refractivity contribution in [3.05, 3.63) is 35.4 Å². The monoisotopic (exact) mass is 444 g/mol. The van der Waals surface area contributed by atoms with E-state index in [1.807, 2.05) is 0 Å². The highest BCUT2D eigenvalue weighted by Gasteiger charge is 2.86. The zero-order valence-electron chi connectivity index (χ0n) is 13.5. The highest BCUT2D eigenvalue weighted by molar-refractivity contribution is 7.88. The Bertz CT molecular complexity index is 904. The van der Waals surface area contributed by atoms with Crippen LogP contribution in [0.15, 0.2) is 29.8 Å². The van der Waals surface area contributed by atoms with Gasteiger partial charge in [-0.05, 0) is 19.1 Å². The van der Waals surface area contributed by atoms with Gasteiger partial charge in [0.25, 0.3) is 0 Å². The van der Waals surface area contributed by atoms with Crippen molar-refractivity contribution in [3.8, 4) is 5.75 Å². The van der Waals surface area contributed by atoms with Crippen LogP contribution in [-0.4, -0.2) is 38.3 Å². The lowest BCUT2D eigenvalue weighted by Crippen LogP contribution is -2.63. The number of rotatable bonds is 5. The van der Waals surface area contributed by atoms with Gasteiger partial charge in [0.1, 0.15) is 12.4 Å². The van der Waals surface area contributed by atoms with Gasteiger partial charge < -0.3 is 8.92 Å². The molecule has 0 aliphatic carbocycles. The Morgan fingerprint density at radius 3 is 2.00 bits per heavy atom. The van der Waals surface area contributed by atoms with Gasteiger partial charge in [0.2, 0.25) is 0 Å². The van der Waals surface area contributed by atoms with Gasteiger partial charge in [0.15, 0.2) is 5.76 Å². The van der Waals surface area contributed by atoms with E-state index in [0.717, 1.165) is 13.0 Å². The first kappa shape index (κ1) is 22.2. The average Bonchev–Trinajstić information content (AvgIpc) is 2.56. The van der Waals surface area contributed by atoms with Crippen LogP contribution >= 0.6 is 0 Å². The molecule has 0 aromatic heterocycles. The maximum atomic E-state index is 13.8. The molecular formula is C14H9F9O4S. The van der Waals surface area contributed by atoms with Gasteiger partial charge in [-0.25, -0.2) is 0 Å². The summed E-state index contributed by atoms with van der Waals surface area (Å²) in [7, 11) is -7.01. The summed E-state index contributed by atoms with van der Waals surface area (Å²) in [5.41, 5.74) is -0.527. The summed E-state index contributed by atoms with van der Waals surface area (Å²) in [6.45, 7) is 0.643. The first-order valence-electron chi connectivity index (χ1n) is 7.03. The van der Waals surface area contributed by atoms with E-state index in [2.05, 4.69) is 4.18 Å². The predicted octanol–water partition coefficient (Wildman–Crippen LogP) is 4.58. The lowest BCUT2D eigenvalue weighted by atomic mass is 10.1. The van der Waals surface area contributed by atoms with Crippen molar-refractivity contribution in [3.63, 3.8) is 0 Å². The van der Waals surface area contributed by atoms with Crippen LogP contribution in [0.5, 0.6) is 5.75 Å². The van der Waals surface area contributed by atoms with Crippen LogP contribution in [0.25, 0.3) is 5.76 Å². The minimum absolute atomic E-state index is 0.117. The van der Waals surface area contributed by atoms with Crippen LogP contribution in [0.1, 0.15) is 12.5 Å². The molecule has 28 heavy (non-hydrogen) atoms.